The Kier molecular flexibility index (Phi) is 5.14. The summed E-state index contributed by atoms with van der Waals surface area (Å²) in [7, 11) is 0. The van der Waals surface area contributed by atoms with Crippen molar-refractivity contribution in [3.63, 3.8) is 0 Å². The molecule has 0 aliphatic rings. The first kappa shape index (κ1) is 14.5. The van der Waals surface area contributed by atoms with Gasteiger partial charge < -0.3 is 5.73 Å². The molecule has 0 aromatic heterocycles. The molecule has 0 spiro atoms. The van der Waals surface area contributed by atoms with E-state index < -0.39 is 0 Å². The molecule has 0 bridgehead atoms. The summed E-state index contributed by atoms with van der Waals surface area (Å²) < 4.78 is 0. The number of nitrogens with two attached hydrogens (primary N) is 1. The van der Waals surface area contributed by atoms with Crippen LogP contribution in [0, 0.1) is 13.8 Å². The zero-order valence-electron chi connectivity index (χ0n) is 12.4. The van der Waals surface area contributed by atoms with E-state index in [9.17, 15) is 0 Å². The van der Waals surface area contributed by atoms with Gasteiger partial charge in [-0.15, -0.1) is 0 Å². The van der Waals surface area contributed by atoms with Crippen molar-refractivity contribution in [1.29, 1.82) is 0 Å². The van der Waals surface area contributed by atoms with Gasteiger partial charge in [0, 0.05) is 0 Å². The minimum absolute atomic E-state index is 0.753. The third kappa shape index (κ3) is 3.82. The zero-order chi connectivity index (χ0) is 14.4. The molecule has 0 saturated heterocycles. The first-order valence-corrected chi connectivity index (χ1v) is 7.24. The molecule has 0 heterocycles. The smallest absolute Gasteiger partial charge is 0.00741 e. The van der Waals surface area contributed by atoms with E-state index in [1.54, 1.807) is 0 Å². The highest BCUT2D eigenvalue weighted by atomic mass is 14.5. The molecule has 0 aliphatic carbocycles. The van der Waals surface area contributed by atoms with Gasteiger partial charge in [-0.2, -0.15) is 0 Å². The first-order valence-electron chi connectivity index (χ1n) is 7.24. The first-order chi connectivity index (χ1) is 9.70. The SMILES string of the molecule is Cc1cccc(C=Cc2cccc(CCCN)c2)c1C. The maximum absolute atomic E-state index is 5.57. The predicted octanol–water partition coefficient (Wildman–Crippen LogP) is 4.37. The molecule has 20 heavy (non-hydrogen) atoms. The summed E-state index contributed by atoms with van der Waals surface area (Å²) in [6.45, 7) is 5.08. The lowest BCUT2D eigenvalue weighted by molar-refractivity contribution is 0.832. The quantitative estimate of drug-likeness (QED) is 0.798. The Hall–Kier alpha value is -1.86. The fraction of sp³-hybridized carbons (Fsp3) is 0.263. The summed E-state index contributed by atoms with van der Waals surface area (Å²) >= 11 is 0. The summed E-state index contributed by atoms with van der Waals surface area (Å²) in [6.07, 6.45) is 6.49. The van der Waals surface area contributed by atoms with Crippen molar-refractivity contribution in [3.05, 3.63) is 70.3 Å². The van der Waals surface area contributed by atoms with Crippen LogP contribution in [0.4, 0.5) is 0 Å². The van der Waals surface area contributed by atoms with Crippen LogP contribution in [0.25, 0.3) is 12.2 Å². The van der Waals surface area contributed by atoms with E-state index in [-0.39, 0.29) is 0 Å². The lowest BCUT2D eigenvalue weighted by Crippen LogP contribution is -2.00. The Balaban J connectivity index is 2.16. The molecule has 2 N–H and O–H groups in total. The van der Waals surface area contributed by atoms with Crippen molar-refractivity contribution < 1.29 is 0 Å². The normalized spacial score (nSPS) is 11.2. The number of hydrogen-bond acceptors (Lipinski definition) is 1. The van der Waals surface area contributed by atoms with Crippen molar-refractivity contribution in [1.82, 2.24) is 0 Å². The van der Waals surface area contributed by atoms with Crippen LogP contribution in [-0.4, -0.2) is 6.54 Å². The van der Waals surface area contributed by atoms with E-state index in [4.69, 9.17) is 5.73 Å². The van der Waals surface area contributed by atoms with E-state index in [2.05, 4.69) is 68.5 Å². The Morgan fingerprint density at radius 2 is 1.80 bits per heavy atom. The molecule has 0 fully saturated rings. The number of aryl methyl sites for hydroxylation is 2. The summed E-state index contributed by atoms with van der Waals surface area (Å²) in [5.41, 5.74) is 12.2. The Labute approximate surface area is 122 Å². The summed E-state index contributed by atoms with van der Waals surface area (Å²) in [6, 6.07) is 15.1. The lowest BCUT2D eigenvalue weighted by atomic mass is 10.0. The Bertz CT molecular complexity index is 596. The highest BCUT2D eigenvalue weighted by Crippen LogP contribution is 2.16. The minimum atomic E-state index is 0.753. The predicted molar refractivity (Wildman–Crippen MR) is 88.7 cm³/mol. The standard InChI is InChI=1S/C19H23N/c1-15-6-3-10-19(16(15)2)12-11-18-8-4-7-17(14-18)9-5-13-20/h3-4,6-8,10-12,14H,5,9,13,20H2,1-2H3. The van der Waals surface area contributed by atoms with Crippen molar-refractivity contribution in [2.45, 2.75) is 26.7 Å². The second-order valence-electron chi connectivity index (χ2n) is 5.26. The average molecular weight is 265 g/mol. The van der Waals surface area contributed by atoms with Gasteiger partial charge in [0.15, 0.2) is 0 Å². The van der Waals surface area contributed by atoms with Crippen molar-refractivity contribution in [2.24, 2.45) is 5.73 Å². The summed E-state index contributed by atoms with van der Waals surface area (Å²) in [4.78, 5) is 0. The van der Waals surface area contributed by atoms with Gasteiger partial charge in [-0.1, -0.05) is 54.6 Å². The number of benzene rings is 2. The van der Waals surface area contributed by atoms with E-state index in [0.717, 1.165) is 19.4 Å². The van der Waals surface area contributed by atoms with E-state index >= 15 is 0 Å². The number of rotatable bonds is 5. The summed E-state index contributed by atoms with van der Waals surface area (Å²) in [5, 5.41) is 0. The second kappa shape index (κ2) is 7.06. The third-order valence-electron chi connectivity index (χ3n) is 3.72. The van der Waals surface area contributed by atoms with Crippen LogP contribution in [0.2, 0.25) is 0 Å². The van der Waals surface area contributed by atoms with Crippen LogP contribution < -0.4 is 5.73 Å². The molecule has 1 nitrogen and oxygen atoms in total. The molecule has 104 valence electrons. The van der Waals surface area contributed by atoms with Gasteiger partial charge in [0.05, 0.1) is 0 Å². The van der Waals surface area contributed by atoms with Crippen LogP contribution in [-0.2, 0) is 6.42 Å². The van der Waals surface area contributed by atoms with Gasteiger partial charge in [-0.05, 0) is 61.1 Å². The Morgan fingerprint density at radius 3 is 2.60 bits per heavy atom. The van der Waals surface area contributed by atoms with Crippen LogP contribution in [0.5, 0.6) is 0 Å². The molecule has 0 atom stereocenters. The van der Waals surface area contributed by atoms with Crippen LogP contribution in [0.15, 0.2) is 42.5 Å². The summed E-state index contributed by atoms with van der Waals surface area (Å²) in [5.74, 6) is 0. The van der Waals surface area contributed by atoms with E-state index in [0.29, 0.717) is 0 Å². The lowest BCUT2D eigenvalue weighted by Gasteiger charge is -2.04. The molecule has 0 radical (unpaired) electrons. The Morgan fingerprint density at radius 1 is 1.00 bits per heavy atom. The molecule has 2 aromatic carbocycles. The van der Waals surface area contributed by atoms with Crippen LogP contribution >= 0.6 is 0 Å². The highest BCUT2D eigenvalue weighted by molar-refractivity contribution is 5.71. The van der Waals surface area contributed by atoms with Crippen molar-refractivity contribution >= 4 is 12.2 Å². The largest absolute Gasteiger partial charge is 0.330 e. The topological polar surface area (TPSA) is 26.0 Å². The maximum Gasteiger partial charge on any atom is -0.00741 e. The molecule has 0 amide bonds. The van der Waals surface area contributed by atoms with Gasteiger partial charge >= 0.3 is 0 Å². The molecule has 0 aliphatic heterocycles. The van der Waals surface area contributed by atoms with Gasteiger partial charge in [0.25, 0.3) is 0 Å². The molecular formula is C19H23N. The van der Waals surface area contributed by atoms with Crippen LogP contribution in [0.3, 0.4) is 0 Å². The molecule has 0 unspecified atom stereocenters. The third-order valence-corrected chi connectivity index (χ3v) is 3.72. The van der Waals surface area contributed by atoms with E-state index in [1.165, 1.54) is 27.8 Å². The second-order valence-corrected chi connectivity index (χ2v) is 5.26. The average Bonchev–Trinajstić information content (AvgIpc) is 2.47. The number of hydrogen-bond donors (Lipinski definition) is 1. The monoisotopic (exact) mass is 265 g/mol. The fourth-order valence-corrected chi connectivity index (χ4v) is 2.30. The van der Waals surface area contributed by atoms with Gasteiger partial charge in [0.1, 0.15) is 0 Å². The molecule has 2 rings (SSSR count). The molecule has 0 saturated carbocycles. The van der Waals surface area contributed by atoms with Crippen molar-refractivity contribution in [3.8, 4) is 0 Å². The zero-order valence-corrected chi connectivity index (χ0v) is 12.4. The highest BCUT2D eigenvalue weighted by Gasteiger charge is 1.97. The maximum atomic E-state index is 5.57. The van der Waals surface area contributed by atoms with Gasteiger partial charge in [-0.25, -0.2) is 0 Å². The van der Waals surface area contributed by atoms with Crippen molar-refractivity contribution in [2.75, 3.05) is 6.54 Å². The molecule has 1 heteroatoms. The van der Waals surface area contributed by atoms with Gasteiger partial charge in [0.2, 0.25) is 0 Å². The molecular weight excluding hydrogens is 242 g/mol. The van der Waals surface area contributed by atoms with Gasteiger partial charge in [-0.3, -0.25) is 0 Å². The van der Waals surface area contributed by atoms with Crippen LogP contribution in [0.1, 0.15) is 34.2 Å². The minimum Gasteiger partial charge on any atom is -0.330 e. The van der Waals surface area contributed by atoms with E-state index in [1.807, 2.05) is 0 Å². The molecule has 2 aromatic rings. The fourth-order valence-electron chi connectivity index (χ4n) is 2.30.